The summed E-state index contributed by atoms with van der Waals surface area (Å²) in [6.45, 7) is 0. The van der Waals surface area contributed by atoms with Crippen LogP contribution in [0.15, 0.2) is 63.9 Å². The van der Waals surface area contributed by atoms with Crippen molar-refractivity contribution in [2.45, 2.75) is 0 Å². The first-order valence-corrected chi connectivity index (χ1v) is 5.69. The van der Waals surface area contributed by atoms with E-state index in [0.717, 1.165) is 11.1 Å². The topological polar surface area (TPSA) is 68.3 Å². The summed E-state index contributed by atoms with van der Waals surface area (Å²) in [5.74, 6) is 0.141. The third-order valence-electron chi connectivity index (χ3n) is 2.63. The predicted octanol–water partition coefficient (Wildman–Crippen LogP) is 3.19. The molecule has 0 saturated heterocycles. The van der Waals surface area contributed by atoms with Gasteiger partial charge in [0.15, 0.2) is 5.76 Å². The van der Waals surface area contributed by atoms with E-state index in [1.165, 1.54) is 6.26 Å². The van der Waals surface area contributed by atoms with Gasteiger partial charge in [-0.05, 0) is 17.7 Å². The van der Waals surface area contributed by atoms with Crippen LogP contribution in [0.25, 0.3) is 11.1 Å². The second kappa shape index (κ2) is 4.81. The van der Waals surface area contributed by atoms with Crippen molar-refractivity contribution in [1.82, 2.24) is 5.16 Å². The molecule has 1 aromatic carbocycles. The number of anilines is 1. The Balaban J connectivity index is 1.87. The molecule has 0 saturated carbocycles. The van der Waals surface area contributed by atoms with Gasteiger partial charge in [0.1, 0.15) is 0 Å². The summed E-state index contributed by atoms with van der Waals surface area (Å²) in [7, 11) is 0. The number of carbonyl (C=O) groups excluding carboxylic acids is 1. The van der Waals surface area contributed by atoms with Gasteiger partial charge in [-0.25, -0.2) is 0 Å². The molecule has 1 amide bonds. The van der Waals surface area contributed by atoms with E-state index in [-0.39, 0.29) is 11.7 Å². The highest BCUT2D eigenvalue weighted by molar-refractivity contribution is 6.03. The Morgan fingerprint density at radius 2 is 1.95 bits per heavy atom. The number of hydrogen-bond acceptors (Lipinski definition) is 4. The first kappa shape index (κ1) is 11.3. The Morgan fingerprint density at radius 3 is 2.68 bits per heavy atom. The molecule has 3 aromatic rings. The average molecular weight is 254 g/mol. The van der Waals surface area contributed by atoms with Gasteiger partial charge >= 0.3 is 0 Å². The molecule has 5 heteroatoms. The van der Waals surface area contributed by atoms with Gasteiger partial charge in [-0.2, -0.15) is 0 Å². The van der Waals surface area contributed by atoms with Crippen LogP contribution in [0, 0.1) is 0 Å². The Labute approximate surface area is 108 Å². The number of carbonyl (C=O) groups is 1. The standard InChI is InChI=1S/C14H10N2O3/c17-13(12-7-4-8-18-12)16-14-11(9-15-19-14)10-5-2-1-3-6-10/h1-9H,(H,16,17). The lowest BCUT2D eigenvalue weighted by atomic mass is 10.1. The molecule has 0 spiro atoms. The average Bonchev–Trinajstić information content (AvgIpc) is 3.11. The van der Waals surface area contributed by atoms with E-state index < -0.39 is 0 Å². The Bertz CT molecular complexity index is 672. The molecule has 0 unspecified atom stereocenters. The fourth-order valence-electron chi connectivity index (χ4n) is 1.73. The van der Waals surface area contributed by atoms with Crippen LogP contribution >= 0.6 is 0 Å². The van der Waals surface area contributed by atoms with Crippen molar-refractivity contribution in [3.63, 3.8) is 0 Å². The molecule has 0 atom stereocenters. The van der Waals surface area contributed by atoms with Crippen LogP contribution in [0.1, 0.15) is 10.6 Å². The molecule has 1 N–H and O–H groups in total. The zero-order valence-corrected chi connectivity index (χ0v) is 9.87. The van der Waals surface area contributed by atoms with Crippen molar-refractivity contribution < 1.29 is 13.7 Å². The van der Waals surface area contributed by atoms with Gasteiger partial charge in [0, 0.05) is 0 Å². The fraction of sp³-hybridized carbons (Fsp3) is 0. The van der Waals surface area contributed by atoms with Crippen molar-refractivity contribution in [2.24, 2.45) is 0 Å². The minimum Gasteiger partial charge on any atom is -0.459 e. The number of rotatable bonds is 3. The zero-order valence-electron chi connectivity index (χ0n) is 9.87. The van der Waals surface area contributed by atoms with Crippen LogP contribution in [0.4, 0.5) is 5.88 Å². The summed E-state index contributed by atoms with van der Waals surface area (Å²) in [6, 6.07) is 12.8. The number of nitrogens with zero attached hydrogens (tertiary/aromatic N) is 1. The summed E-state index contributed by atoms with van der Waals surface area (Å²) in [4.78, 5) is 11.9. The van der Waals surface area contributed by atoms with Crippen LogP contribution < -0.4 is 5.32 Å². The molecule has 19 heavy (non-hydrogen) atoms. The number of aromatic nitrogens is 1. The molecule has 0 bridgehead atoms. The minimum absolute atomic E-state index is 0.218. The largest absolute Gasteiger partial charge is 0.459 e. The second-order valence-corrected chi connectivity index (χ2v) is 3.87. The lowest BCUT2D eigenvalue weighted by molar-refractivity contribution is 0.0993. The van der Waals surface area contributed by atoms with Crippen molar-refractivity contribution in [3.05, 3.63) is 60.7 Å². The molecule has 0 aliphatic heterocycles. The molecule has 2 aromatic heterocycles. The molecule has 5 nitrogen and oxygen atoms in total. The minimum atomic E-state index is -0.376. The van der Waals surface area contributed by atoms with Crippen LogP contribution in [-0.2, 0) is 0 Å². The lowest BCUT2D eigenvalue weighted by Crippen LogP contribution is -2.10. The first-order valence-electron chi connectivity index (χ1n) is 5.69. The van der Waals surface area contributed by atoms with E-state index in [4.69, 9.17) is 8.94 Å². The van der Waals surface area contributed by atoms with Gasteiger partial charge in [-0.15, -0.1) is 0 Å². The van der Waals surface area contributed by atoms with Crippen molar-refractivity contribution in [1.29, 1.82) is 0 Å². The second-order valence-electron chi connectivity index (χ2n) is 3.87. The predicted molar refractivity (Wildman–Crippen MR) is 68.6 cm³/mol. The SMILES string of the molecule is O=C(Nc1oncc1-c1ccccc1)c1ccco1. The maximum Gasteiger partial charge on any atom is 0.293 e. The van der Waals surface area contributed by atoms with Gasteiger partial charge < -0.3 is 8.94 Å². The molecule has 94 valence electrons. The van der Waals surface area contributed by atoms with E-state index >= 15 is 0 Å². The summed E-state index contributed by atoms with van der Waals surface area (Å²) < 4.78 is 10.1. The maximum atomic E-state index is 11.9. The first-order chi connectivity index (χ1) is 9.34. The fourth-order valence-corrected chi connectivity index (χ4v) is 1.73. The van der Waals surface area contributed by atoms with Crippen LogP contribution in [-0.4, -0.2) is 11.1 Å². The van der Waals surface area contributed by atoms with Gasteiger partial charge in [-0.1, -0.05) is 35.5 Å². The molecule has 0 fully saturated rings. The Kier molecular flexibility index (Phi) is 2.86. The Morgan fingerprint density at radius 1 is 1.11 bits per heavy atom. The third-order valence-corrected chi connectivity index (χ3v) is 2.63. The van der Waals surface area contributed by atoms with Gasteiger partial charge in [0.05, 0.1) is 18.0 Å². The van der Waals surface area contributed by atoms with Gasteiger partial charge in [-0.3, -0.25) is 10.1 Å². The number of hydrogen-bond donors (Lipinski definition) is 1. The van der Waals surface area contributed by atoms with E-state index in [2.05, 4.69) is 10.5 Å². The molecular formula is C14H10N2O3. The van der Waals surface area contributed by atoms with E-state index in [9.17, 15) is 4.79 Å². The quantitative estimate of drug-likeness (QED) is 0.779. The maximum absolute atomic E-state index is 11.9. The molecular weight excluding hydrogens is 244 g/mol. The highest BCUT2D eigenvalue weighted by Crippen LogP contribution is 2.27. The number of benzene rings is 1. The van der Waals surface area contributed by atoms with Crippen molar-refractivity contribution in [2.75, 3.05) is 5.32 Å². The van der Waals surface area contributed by atoms with E-state index in [1.54, 1.807) is 18.3 Å². The molecule has 3 rings (SSSR count). The summed E-state index contributed by atoms with van der Waals surface area (Å²) >= 11 is 0. The lowest BCUT2D eigenvalue weighted by Gasteiger charge is -2.02. The monoisotopic (exact) mass is 254 g/mol. The molecule has 2 heterocycles. The number of furan rings is 1. The van der Waals surface area contributed by atoms with Gasteiger partial charge in [0.2, 0.25) is 5.88 Å². The molecule has 0 radical (unpaired) electrons. The number of amides is 1. The summed E-state index contributed by atoms with van der Waals surface area (Å²) in [6.07, 6.45) is 3.00. The van der Waals surface area contributed by atoms with E-state index in [1.807, 2.05) is 30.3 Å². The van der Waals surface area contributed by atoms with Crippen molar-refractivity contribution >= 4 is 11.8 Å². The highest BCUT2D eigenvalue weighted by Gasteiger charge is 2.15. The molecule has 0 aliphatic rings. The zero-order chi connectivity index (χ0) is 13.1. The van der Waals surface area contributed by atoms with Gasteiger partial charge in [0.25, 0.3) is 5.91 Å². The van der Waals surface area contributed by atoms with Crippen LogP contribution in [0.3, 0.4) is 0 Å². The normalized spacial score (nSPS) is 10.3. The summed E-state index contributed by atoms with van der Waals surface area (Å²) in [5, 5.41) is 6.34. The Hall–Kier alpha value is -2.82. The highest BCUT2D eigenvalue weighted by atomic mass is 16.5. The third kappa shape index (κ3) is 2.26. The van der Waals surface area contributed by atoms with Crippen molar-refractivity contribution in [3.8, 4) is 11.1 Å². The van der Waals surface area contributed by atoms with E-state index in [0.29, 0.717) is 5.88 Å². The van der Waals surface area contributed by atoms with Crippen LogP contribution in [0.5, 0.6) is 0 Å². The summed E-state index contributed by atoms with van der Waals surface area (Å²) in [5.41, 5.74) is 1.64. The number of nitrogens with one attached hydrogen (secondary N) is 1. The molecule has 0 aliphatic carbocycles. The smallest absolute Gasteiger partial charge is 0.293 e. The van der Waals surface area contributed by atoms with Crippen LogP contribution in [0.2, 0.25) is 0 Å².